The number of rotatable bonds is 4. The van der Waals surface area contributed by atoms with Gasteiger partial charge in [-0.15, -0.1) is 0 Å². The summed E-state index contributed by atoms with van der Waals surface area (Å²) in [5.41, 5.74) is 0. The molecule has 1 aliphatic heterocycles. The molecule has 0 unspecified atom stereocenters. The van der Waals surface area contributed by atoms with Crippen LogP contribution in [-0.2, 0) is 9.47 Å². The normalized spacial score (nSPS) is 39.4. The van der Waals surface area contributed by atoms with Crippen LogP contribution >= 0.6 is 0 Å². The van der Waals surface area contributed by atoms with Crippen LogP contribution in [0, 0.1) is 11.8 Å². The molecule has 2 rings (SSSR count). The molecule has 0 aromatic heterocycles. The topological polar surface area (TPSA) is 21.7 Å². The Morgan fingerprint density at radius 1 is 1.12 bits per heavy atom. The van der Waals surface area contributed by atoms with Gasteiger partial charge in [0.2, 0.25) is 0 Å². The Balaban J connectivity index is 1.84. The van der Waals surface area contributed by atoms with E-state index >= 15 is 0 Å². The van der Waals surface area contributed by atoms with Crippen molar-refractivity contribution < 1.29 is 9.47 Å². The van der Waals surface area contributed by atoms with Crippen molar-refractivity contribution in [3.63, 3.8) is 0 Å². The summed E-state index contributed by atoms with van der Waals surface area (Å²) in [5, 5.41) is 0. The lowest BCUT2D eigenvalue weighted by Gasteiger charge is -2.48. The molecule has 1 saturated carbocycles. The highest BCUT2D eigenvalue weighted by Crippen LogP contribution is 2.33. The molecular weight excluding hydrogens is 214 g/mol. The fraction of sp³-hybridized carbons (Fsp3) is 1.00. The van der Waals surface area contributed by atoms with Gasteiger partial charge >= 0.3 is 0 Å². The summed E-state index contributed by atoms with van der Waals surface area (Å²) in [6.45, 7) is 6.98. The van der Waals surface area contributed by atoms with Crippen LogP contribution in [0.4, 0.5) is 0 Å². The first-order chi connectivity index (χ1) is 8.15. The highest BCUT2D eigenvalue weighted by atomic mass is 16.5. The maximum Gasteiger partial charge on any atom is 0.0729 e. The third-order valence-corrected chi connectivity index (χ3v) is 4.72. The Labute approximate surface area is 105 Å². The van der Waals surface area contributed by atoms with Crippen molar-refractivity contribution in [2.75, 3.05) is 27.3 Å². The van der Waals surface area contributed by atoms with Gasteiger partial charge in [0.1, 0.15) is 0 Å². The molecule has 100 valence electrons. The summed E-state index contributed by atoms with van der Waals surface area (Å²) in [7, 11) is 3.69. The largest absolute Gasteiger partial charge is 0.381 e. The van der Waals surface area contributed by atoms with E-state index in [1.165, 1.54) is 25.8 Å². The van der Waals surface area contributed by atoms with Crippen molar-refractivity contribution in [1.29, 1.82) is 0 Å². The summed E-state index contributed by atoms with van der Waals surface area (Å²) in [5.74, 6) is 1.46. The second-order valence-corrected chi connectivity index (χ2v) is 5.95. The quantitative estimate of drug-likeness (QED) is 0.753. The predicted octanol–water partition coefficient (Wildman–Crippen LogP) is 2.16. The maximum absolute atomic E-state index is 5.69. The molecule has 0 amide bonds. The third kappa shape index (κ3) is 2.83. The van der Waals surface area contributed by atoms with Crippen LogP contribution in [0.5, 0.6) is 0 Å². The minimum Gasteiger partial charge on any atom is -0.381 e. The molecule has 17 heavy (non-hydrogen) atoms. The highest BCUT2D eigenvalue weighted by molar-refractivity contribution is 4.92. The molecule has 0 radical (unpaired) electrons. The number of nitrogens with zero attached hydrogens (tertiary/aromatic N) is 1. The molecule has 0 spiro atoms. The van der Waals surface area contributed by atoms with E-state index in [-0.39, 0.29) is 0 Å². The van der Waals surface area contributed by atoms with Gasteiger partial charge in [-0.25, -0.2) is 0 Å². The number of likely N-dealkylation sites (tertiary alicyclic amines) is 1. The van der Waals surface area contributed by atoms with Crippen LogP contribution in [0.3, 0.4) is 0 Å². The number of hydrogen-bond donors (Lipinski definition) is 0. The Morgan fingerprint density at radius 2 is 1.82 bits per heavy atom. The lowest BCUT2D eigenvalue weighted by molar-refractivity contribution is -0.0807. The zero-order valence-corrected chi connectivity index (χ0v) is 11.7. The van der Waals surface area contributed by atoms with Gasteiger partial charge in [-0.3, -0.25) is 4.90 Å². The van der Waals surface area contributed by atoms with E-state index in [9.17, 15) is 0 Å². The highest BCUT2D eigenvalue weighted by Gasteiger charge is 2.39. The van der Waals surface area contributed by atoms with E-state index in [0.717, 1.165) is 24.4 Å². The van der Waals surface area contributed by atoms with Crippen LogP contribution in [0.2, 0.25) is 0 Å². The average Bonchev–Trinajstić information content (AvgIpc) is 2.27. The van der Waals surface area contributed by atoms with E-state index in [1.807, 2.05) is 14.2 Å². The standard InChI is InChI=1S/C14H27NO2/c1-10(2)13-5-6-15(9-14(13)17-4)11-7-12(8-11)16-3/h10-14H,5-9H2,1-4H3/t11?,12?,13-,14+/m0/s1. The fourth-order valence-electron chi connectivity index (χ4n) is 3.33. The first-order valence-corrected chi connectivity index (χ1v) is 6.95. The van der Waals surface area contributed by atoms with Crippen LogP contribution in [0.15, 0.2) is 0 Å². The molecule has 2 atom stereocenters. The van der Waals surface area contributed by atoms with Crippen LogP contribution < -0.4 is 0 Å². The number of ether oxygens (including phenoxy) is 2. The average molecular weight is 241 g/mol. The van der Waals surface area contributed by atoms with Crippen molar-refractivity contribution >= 4 is 0 Å². The molecule has 0 bridgehead atoms. The van der Waals surface area contributed by atoms with E-state index < -0.39 is 0 Å². The predicted molar refractivity (Wildman–Crippen MR) is 69.1 cm³/mol. The van der Waals surface area contributed by atoms with Crippen molar-refractivity contribution in [3.05, 3.63) is 0 Å². The third-order valence-electron chi connectivity index (χ3n) is 4.72. The van der Waals surface area contributed by atoms with Crippen molar-refractivity contribution in [1.82, 2.24) is 4.90 Å². The summed E-state index contributed by atoms with van der Waals surface area (Å²) in [6, 6.07) is 0.741. The second kappa shape index (κ2) is 5.68. The molecule has 2 fully saturated rings. The van der Waals surface area contributed by atoms with Crippen LogP contribution in [0.25, 0.3) is 0 Å². The van der Waals surface area contributed by atoms with Gasteiger partial charge in [0.15, 0.2) is 0 Å². The monoisotopic (exact) mass is 241 g/mol. The first kappa shape index (κ1) is 13.3. The molecule has 1 saturated heterocycles. The van der Waals surface area contributed by atoms with Gasteiger partial charge in [-0.05, 0) is 37.6 Å². The lowest BCUT2D eigenvalue weighted by Crippen LogP contribution is -2.55. The van der Waals surface area contributed by atoms with Gasteiger partial charge in [0.05, 0.1) is 12.2 Å². The van der Waals surface area contributed by atoms with E-state index in [2.05, 4.69) is 18.7 Å². The summed E-state index contributed by atoms with van der Waals surface area (Å²) >= 11 is 0. The fourth-order valence-corrected chi connectivity index (χ4v) is 3.33. The van der Waals surface area contributed by atoms with E-state index in [0.29, 0.717) is 12.2 Å². The zero-order valence-electron chi connectivity index (χ0n) is 11.7. The van der Waals surface area contributed by atoms with Gasteiger partial charge < -0.3 is 9.47 Å². The Hall–Kier alpha value is -0.120. The molecule has 2 aliphatic rings. The summed E-state index contributed by atoms with van der Waals surface area (Å²) in [4.78, 5) is 2.61. The first-order valence-electron chi connectivity index (χ1n) is 6.95. The SMILES string of the molecule is COC1CC(N2CC[C@@H](C(C)C)[C@H](OC)C2)C1. The van der Waals surface area contributed by atoms with E-state index in [4.69, 9.17) is 9.47 Å². The van der Waals surface area contributed by atoms with Crippen molar-refractivity contribution in [3.8, 4) is 0 Å². The minimum absolute atomic E-state index is 0.422. The maximum atomic E-state index is 5.69. The molecule has 3 heteroatoms. The molecule has 0 aromatic carbocycles. The second-order valence-electron chi connectivity index (χ2n) is 5.95. The van der Waals surface area contributed by atoms with Gasteiger partial charge in [-0.2, -0.15) is 0 Å². The number of methoxy groups -OCH3 is 2. The lowest BCUT2D eigenvalue weighted by atomic mass is 9.81. The number of hydrogen-bond acceptors (Lipinski definition) is 3. The molecular formula is C14H27NO2. The van der Waals surface area contributed by atoms with Crippen molar-refractivity contribution in [2.24, 2.45) is 11.8 Å². The smallest absolute Gasteiger partial charge is 0.0729 e. The van der Waals surface area contributed by atoms with Gasteiger partial charge in [0.25, 0.3) is 0 Å². The molecule has 1 heterocycles. The van der Waals surface area contributed by atoms with Crippen LogP contribution in [-0.4, -0.2) is 50.5 Å². The molecule has 0 N–H and O–H groups in total. The molecule has 1 aliphatic carbocycles. The van der Waals surface area contributed by atoms with Gasteiger partial charge in [0, 0.05) is 26.8 Å². The van der Waals surface area contributed by atoms with E-state index in [1.54, 1.807) is 0 Å². The van der Waals surface area contributed by atoms with Crippen LogP contribution in [0.1, 0.15) is 33.1 Å². The summed E-state index contributed by atoms with van der Waals surface area (Å²) < 4.78 is 11.1. The Kier molecular flexibility index (Phi) is 4.45. The minimum atomic E-state index is 0.422. The Morgan fingerprint density at radius 3 is 2.35 bits per heavy atom. The van der Waals surface area contributed by atoms with Gasteiger partial charge in [-0.1, -0.05) is 13.8 Å². The molecule has 3 nitrogen and oxygen atoms in total. The Bertz CT molecular complexity index is 238. The number of piperidine rings is 1. The zero-order chi connectivity index (χ0) is 12.4. The molecule has 0 aromatic rings. The van der Waals surface area contributed by atoms with Crippen molar-refractivity contribution in [2.45, 2.75) is 51.4 Å². The summed E-state index contributed by atoms with van der Waals surface area (Å²) in [6.07, 6.45) is 4.62.